The summed E-state index contributed by atoms with van der Waals surface area (Å²) in [5, 5.41) is 18.9. The summed E-state index contributed by atoms with van der Waals surface area (Å²) >= 11 is 0. The number of unbranched alkanes of at least 4 members (excludes halogenated alkanes) is 2. The summed E-state index contributed by atoms with van der Waals surface area (Å²) < 4.78 is 22.2. The Morgan fingerprint density at radius 3 is 2.83 bits per heavy atom. The number of piperazine rings is 1. The zero-order valence-corrected chi connectivity index (χ0v) is 27.6. The largest absolute Gasteiger partial charge is 0.494 e. The van der Waals surface area contributed by atoms with Crippen LogP contribution in [0.4, 0.5) is 15.9 Å². The lowest BCUT2D eigenvalue weighted by Crippen LogP contribution is -2.53. The number of benzene rings is 2. The van der Waals surface area contributed by atoms with Crippen molar-refractivity contribution < 1.29 is 23.8 Å². The number of imidazole rings is 1. The molecule has 4 aromatic rings. The van der Waals surface area contributed by atoms with Crippen LogP contribution in [0.3, 0.4) is 0 Å². The molecule has 254 valence electrons. The summed E-state index contributed by atoms with van der Waals surface area (Å²) in [6, 6.07) is 8.95. The summed E-state index contributed by atoms with van der Waals surface area (Å²) in [4.78, 5) is 36.5. The number of halogens is 1. The number of fused-ring (bicyclic) bond motifs is 1. The molecule has 0 unspecified atom stereocenters. The van der Waals surface area contributed by atoms with Gasteiger partial charge < -0.3 is 30.7 Å². The standard InChI is InChI=1S/C36H44FN7O4/c1-4-9-29-28(13-14-31(48-3)33(29)37)30-21-41-35-34(39-17-19-44(30)35)42-25-11-12-27(24(5-2)20-25)36(47)40-15-8-6-7-10-32(46)43-18-16-38-26(22-43)23-45/h4,11-14,17,19-21,26,38,45H,1,5-10,15-16,18,22-23H2,2-3H3,(H,39,42)(H,40,47)/t26-/m0/s1. The lowest BCUT2D eigenvalue weighted by atomic mass is 10.0. The van der Waals surface area contributed by atoms with Crippen LogP contribution in [-0.4, -0.2) is 82.1 Å². The number of hydrogen-bond acceptors (Lipinski definition) is 8. The summed E-state index contributed by atoms with van der Waals surface area (Å²) in [6.45, 7) is 8.24. The zero-order valence-electron chi connectivity index (χ0n) is 27.6. The molecule has 1 aliphatic rings. The van der Waals surface area contributed by atoms with Crippen LogP contribution in [0.2, 0.25) is 0 Å². The fourth-order valence-corrected chi connectivity index (χ4v) is 6.08. The second kappa shape index (κ2) is 16.3. The molecule has 2 aromatic carbocycles. The fourth-order valence-electron chi connectivity index (χ4n) is 6.08. The normalized spacial score (nSPS) is 14.6. The second-order valence-electron chi connectivity index (χ2n) is 11.8. The van der Waals surface area contributed by atoms with E-state index in [1.165, 1.54) is 7.11 Å². The first-order valence-corrected chi connectivity index (χ1v) is 16.5. The van der Waals surface area contributed by atoms with Gasteiger partial charge in [-0.25, -0.2) is 14.4 Å². The SMILES string of the molecule is C=CCc1c(-c2cnc3c(Nc4ccc(C(=O)NCCCCCC(=O)N5CCN[C@H](CO)C5)c(CC)c4)nccn23)ccc(OC)c1F. The Morgan fingerprint density at radius 1 is 1.21 bits per heavy atom. The van der Waals surface area contributed by atoms with Gasteiger partial charge in [0, 0.05) is 73.4 Å². The number of allylic oxidation sites excluding steroid dienone is 1. The summed E-state index contributed by atoms with van der Waals surface area (Å²) in [5.74, 6) is 0.247. The highest BCUT2D eigenvalue weighted by Gasteiger charge is 2.22. The topological polar surface area (TPSA) is 133 Å². The molecule has 1 fully saturated rings. The number of aromatic nitrogens is 3. The number of amides is 2. The van der Waals surface area contributed by atoms with E-state index < -0.39 is 5.82 Å². The number of hydrogen-bond donors (Lipinski definition) is 4. The van der Waals surface area contributed by atoms with E-state index in [-0.39, 0.29) is 30.2 Å². The van der Waals surface area contributed by atoms with Gasteiger partial charge >= 0.3 is 0 Å². The Bertz CT molecular complexity index is 1760. The number of methoxy groups -OCH3 is 1. The monoisotopic (exact) mass is 657 g/mol. The maximum absolute atomic E-state index is 15.2. The average molecular weight is 658 g/mol. The van der Waals surface area contributed by atoms with Gasteiger partial charge in [0.1, 0.15) is 0 Å². The predicted molar refractivity (Wildman–Crippen MR) is 184 cm³/mol. The van der Waals surface area contributed by atoms with Gasteiger partial charge in [-0.05, 0) is 61.6 Å². The number of aliphatic hydroxyl groups excluding tert-OH is 1. The van der Waals surface area contributed by atoms with Crippen molar-refractivity contribution in [2.24, 2.45) is 0 Å². The molecule has 4 N–H and O–H groups in total. The lowest BCUT2D eigenvalue weighted by molar-refractivity contribution is -0.132. The molecule has 12 heteroatoms. The highest BCUT2D eigenvalue weighted by atomic mass is 19.1. The minimum Gasteiger partial charge on any atom is -0.494 e. The highest BCUT2D eigenvalue weighted by Crippen LogP contribution is 2.33. The smallest absolute Gasteiger partial charge is 0.251 e. The molecule has 0 aliphatic carbocycles. The third-order valence-corrected chi connectivity index (χ3v) is 8.66. The zero-order chi connectivity index (χ0) is 34.0. The second-order valence-corrected chi connectivity index (χ2v) is 11.8. The van der Waals surface area contributed by atoms with Crippen LogP contribution < -0.4 is 20.7 Å². The molecule has 0 bridgehead atoms. The maximum Gasteiger partial charge on any atom is 0.251 e. The number of carbonyl (C=O) groups is 2. The molecule has 3 heterocycles. The number of anilines is 2. The predicted octanol–water partition coefficient (Wildman–Crippen LogP) is 4.66. The van der Waals surface area contributed by atoms with Gasteiger partial charge in [0.25, 0.3) is 5.91 Å². The van der Waals surface area contributed by atoms with E-state index in [0.29, 0.717) is 79.3 Å². The van der Waals surface area contributed by atoms with Crippen molar-refractivity contribution in [1.82, 2.24) is 29.9 Å². The molecule has 2 aromatic heterocycles. The molecule has 5 rings (SSSR count). The van der Waals surface area contributed by atoms with E-state index in [1.807, 2.05) is 34.4 Å². The molecule has 1 saturated heterocycles. The van der Waals surface area contributed by atoms with Gasteiger partial charge in [0.05, 0.1) is 25.6 Å². The fraction of sp³-hybridized carbons (Fsp3) is 0.389. The van der Waals surface area contributed by atoms with Crippen LogP contribution in [0.25, 0.3) is 16.9 Å². The Balaban J connectivity index is 1.19. The molecule has 0 saturated carbocycles. The number of rotatable bonds is 15. The van der Waals surface area contributed by atoms with Gasteiger partial charge in [-0.15, -0.1) is 6.58 Å². The first-order chi connectivity index (χ1) is 23.4. The molecular weight excluding hydrogens is 613 g/mol. The van der Waals surface area contributed by atoms with Crippen LogP contribution >= 0.6 is 0 Å². The average Bonchev–Trinajstić information content (AvgIpc) is 3.55. The van der Waals surface area contributed by atoms with Gasteiger partial charge in [0.15, 0.2) is 23.0 Å². The summed E-state index contributed by atoms with van der Waals surface area (Å²) in [7, 11) is 1.44. The van der Waals surface area contributed by atoms with Crippen molar-refractivity contribution in [1.29, 1.82) is 0 Å². The quantitative estimate of drug-likeness (QED) is 0.107. The van der Waals surface area contributed by atoms with Gasteiger partial charge in [0.2, 0.25) is 5.91 Å². The van der Waals surface area contributed by atoms with Crippen molar-refractivity contribution in [3.8, 4) is 17.0 Å². The lowest BCUT2D eigenvalue weighted by Gasteiger charge is -2.32. The third-order valence-electron chi connectivity index (χ3n) is 8.66. The number of aliphatic hydroxyl groups is 1. The Labute approximate surface area is 280 Å². The van der Waals surface area contributed by atoms with Gasteiger partial charge in [-0.3, -0.25) is 14.0 Å². The summed E-state index contributed by atoms with van der Waals surface area (Å²) in [5.41, 5.74) is 4.69. The Kier molecular flexibility index (Phi) is 11.8. The molecule has 1 atom stereocenters. The number of carbonyl (C=O) groups excluding carboxylic acids is 2. The Morgan fingerprint density at radius 2 is 2.06 bits per heavy atom. The van der Waals surface area contributed by atoms with E-state index in [0.717, 1.165) is 30.5 Å². The third kappa shape index (κ3) is 7.83. The van der Waals surface area contributed by atoms with E-state index >= 15 is 4.39 Å². The van der Waals surface area contributed by atoms with Gasteiger partial charge in [-0.2, -0.15) is 0 Å². The van der Waals surface area contributed by atoms with Crippen molar-refractivity contribution in [3.63, 3.8) is 0 Å². The van der Waals surface area contributed by atoms with Crippen molar-refractivity contribution in [2.75, 3.05) is 45.2 Å². The molecule has 1 aliphatic heterocycles. The van der Waals surface area contributed by atoms with E-state index in [1.54, 1.807) is 36.8 Å². The Hall–Kier alpha value is -4.81. The van der Waals surface area contributed by atoms with Crippen molar-refractivity contribution in [2.45, 2.75) is 51.5 Å². The van der Waals surface area contributed by atoms with Crippen LogP contribution in [0.1, 0.15) is 54.1 Å². The summed E-state index contributed by atoms with van der Waals surface area (Å²) in [6.07, 6.45) is 10.6. The van der Waals surface area contributed by atoms with Crippen LogP contribution in [-0.2, 0) is 17.6 Å². The molecule has 11 nitrogen and oxygen atoms in total. The van der Waals surface area contributed by atoms with E-state index in [4.69, 9.17) is 4.74 Å². The van der Waals surface area contributed by atoms with E-state index in [9.17, 15) is 14.7 Å². The minimum atomic E-state index is -0.426. The first-order valence-electron chi connectivity index (χ1n) is 16.5. The number of nitrogens with one attached hydrogen (secondary N) is 3. The van der Waals surface area contributed by atoms with Crippen LogP contribution in [0, 0.1) is 5.82 Å². The molecule has 48 heavy (non-hydrogen) atoms. The van der Waals surface area contributed by atoms with Crippen LogP contribution in [0.5, 0.6) is 5.75 Å². The number of ether oxygens (including phenoxy) is 1. The highest BCUT2D eigenvalue weighted by molar-refractivity contribution is 5.96. The molecule has 2 amide bonds. The number of aryl methyl sites for hydroxylation is 1. The van der Waals surface area contributed by atoms with E-state index in [2.05, 4.69) is 32.5 Å². The van der Waals surface area contributed by atoms with Crippen molar-refractivity contribution in [3.05, 3.63) is 84.1 Å². The van der Waals surface area contributed by atoms with Crippen LogP contribution in [0.15, 0.2) is 61.6 Å². The van der Waals surface area contributed by atoms with Crippen molar-refractivity contribution >= 4 is 29.0 Å². The molecule has 0 radical (unpaired) electrons. The minimum absolute atomic E-state index is 0.0239. The first kappa shape index (κ1) is 34.5. The molecular formula is C36H44FN7O4. The maximum atomic E-state index is 15.2. The molecule has 0 spiro atoms. The van der Waals surface area contributed by atoms with Gasteiger partial charge in [-0.1, -0.05) is 19.4 Å². The number of nitrogens with zero attached hydrogens (tertiary/aromatic N) is 4.